The van der Waals surface area contributed by atoms with Gasteiger partial charge >= 0.3 is 103 Å². The molecular formula is C60H120O12Si12. The molecule has 0 bridgehead atoms. The van der Waals surface area contributed by atoms with Crippen molar-refractivity contribution >= 4 is 103 Å². The Morgan fingerprint density at radius 3 is 0.214 bits per heavy atom. The SMILES string of the molecule is C=C[Si]1(C(C)C)O[Si](C=C)(C(C)C)O[Si](C=C)(C(C)C)O[Si](C=C)(C(C)C)O[Si](C=C)(C(C)C)O[Si](C=C)(C(C)C)O[Si](C=C)(C(C)C)O[Si](C=C)(C(C)C)O[Si](C=C)(C(C)C)O[Si](C=C)(C(C)C)O[Si](C=C)(C(C)C)O[Si](C=C)(C(C)C)O1. The molecule has 1 heterocycles. The number of rotatable bonds is 24. The van der Waals surface area contributed by atoms with E-state index in [4.69, 9.17) is 49.4 Å². The third-order valence-electron chi connectivity index (χ3n) is 16.9. The second-order valence-electron chi connectivity index (χ2n) is 26.2. The van der Waals surface area contributed by atoms with Gasteiger partial charge in [0.15, 0.2) is 0 Å². The highest BCUT2D eigenvalue weighted by Crippen LogP contribution is 2.50. The molecule has 0 amide bonds. The summed E-state index contributed by atoms with van der Waals surface area (Å²) in [5.74, 6) is 0. The molecule has 12 nitrogen and oxygen atoms in total. The van der Waals surface area contributed by atoms with Crippen molar-refractivity contribution in [3.05, 3.63) is 147 Å². The molecule has 0 unspecified atom stereocenters. The lowest BCUT2D eigenvalue weighted by molar-refractivity contribution is 0.220. The summed E-state index contributed by atoms with van der Waals surface area (Å²) in [5, 5.41) is 0. The first-order valence-electron chi connectivity index (χ1n) is 30.6. The predicted molar refractivity (Wildman–Crippen MR) is 386 cm³/mol. The Balaban J connectivity index is 5.43. The molecule has 84 heavy (non-hydrogen) atoms. The Hall–Kier alpha value is -0.997. The van der Waals surface area contributed by atoms with Crippen molar-refractivity contribution in [2.45, 2.75) is 233 Å². The third-order valence-corrected chi connectivity index (χ3v) is 73.7. The molecule has 0 radical (unpaired) electrons. The van der Waals surface area contributed by atoms with Crippen LogP contribution in [0.1, 0.15) is 166 Å². The zero-order valence-electron chi connectivity index (χ0n) is 57.2. The molecule has 0 spiro atoms. The molecule has 24 heteroatoms. The fraction of sp³-hybridized carbons (Fsp3) is 0.600. The van der Waals surface area contributed by atoms with Crippen molar-refractivity contribution in [2.75, 3.05) is 0 Å². The largest absolute Gasteiger partial charge is 0.409 e. The van der Waals surface area contributed by atoms with Gasteiger partial charge in [-0.1, -0.05) is 235 Å². The van der Waals surface area contributed by atoms with Gasteiger partial charge in [-0.25, -0.2) is 0 Å². The van der Waals surface area contributed by atoms with Crippen molar-refractivity contribution in [1.82, 2.24) is 0 Å². The minimum Gasteiger partial charge on any atom is -0.409 e. The van der Waals surface area contributed by atoms with Crippen molar-refractivity contribution in [3.63, 3.8) is 0 Å². The second-order valence-corrected chi connectivity index (χ2v) is 72.1. The van der Waals surface area contributed by atoms with Crippen molar-refractivity contribution < 1.29 is 49.4 Å². The highest BCUT2D eigenvalue weighted by atomic mass is 28.5. The van der Waals surface area contributed by atoms with Gasteiger partial charge in [-0.3, -0.25) is 0 Å². The molecular weight excluding hydrogens is 1250 g/mol. The average Bonchev–Trinajstić information content (AvgIpc) is 3.51. The van der Waals surface area contributed by atoms with E-state index >= 15 is 0 Å². The first-order chi connectivity index (χ1) is 38.5. The molecule has 1 saturated heterocycles. The molecule has 0 atom stereocenters. The van der Waals surface area contributed by atoms with Crippen molar-refractivity contribution in [1.29, 1.82) is 0 Å². The summed E-state index contributed by atoms with van der Waals surface area (Å²) >= 11 is 0. The van der Waals surface area contributed by atoms with Crippen LogP contribution in [-0.2, 0) is 49.4 Å². The van der Waals surface area contributed by atoms with E-state index in [0.717, 1.165) is 0 Å². The van der Waals surface area contributed by atoms with Crippen molar-refractivity contribution in [2.24, 2.45) is 0 Å². The predicted octanol–water partition coefficient (Wildman–Crippen LogP) is 19.1. The summed E-state index contributed by atoms with van der Waals surface area (Å²) in [6.45, 7) is 105. The van der Waals surface area contributed by atoms with Crippen LogP contribution in [-0.4, -0.2) is 103 Å². The van der Waals surface area contributed by atoms with Crippen LogP contribution >= 0.6 is 0 Å². The zero-order chi connectivity index (χ0) is 65.9. The zero-order valence-corrected chi connectivity index (χ0v) is 69.2. The maximum Gasteiger partial charge on any atom is 0.349 e. The Morgan fingerprint density at radius 1 is 0.143 bits per heavy atom. The molecule has 0 aromatic rings. The Labute approximate surface area is 528 Å². The summed E-state index contributed by atoms with van der Waals surface area (Å²) in [6, 6.07) is 0. The highest BCUT2D eigenvalue weighted by Gasteiger charge is 2.67. The van der Waals surface area contributed by atoms with Crippen molar-refractivity contribution in [3.8, 4) is 0 Å². The molecule has 1 aliphatic rings. The van der Waals surface area contributed by atoms with E-state index in [1.54, 1.807) is 0 Å². The first kappa shape index (κ1) is 81.0. The Morgan fingerprint density at radius 2 is 0.190 bits per heavy atom. The standard InChI is InChI=1S/C60H120O12Si12/c1-37-73(49(13)14)61-74(38-2,50(15)16)63-76(40-4,52(19)20)65-78(42-6,54(23)24)67-80(44-8,56(27)28)69-82(46-10,58(31)32)71-84(48-12,60(35)36)72-83(47-11,59(33)34)70-81(45-9,57(29)30)68-79(43-7,55(25)26)66-77(41-5,53(21)22)64-75(39-3,62-73)51(17)18/h37-60H,1-12H2,13-36H3. The Kier molecular flexibility index (Phi) is 30.2. The monoisotopic (exact) mass is 1370 g/mol. The first-order valence-corrected chi connectivity index (χ1v) is 54.2. The van der Waals surface area contributed by atoms with Crippen LogP contribution in [0.15, 0.2) is 147 Å². The minimum atomic E-state index is -3.79. The molecule has 0 aromatic carbocycles. The highest BCUT2D eigenvalue weighted by molar-refractivity contribution is 7.03. The summed E-state index contributed by atoms with van der Waals surface area (Å²) < 4.78 is 95.3. The maximum absolute atomic E-state index is 7.94. The third kappa shape index (κ3) is 16.2. The van der Waals surface area contributed by atoms with Gasteiger partial charge in [0.05, 0.1) is 0 Å². The molecule has 1 fully saturated rings. The lowest BCUT2D eigenvalue weighted by atomic mass is 10.6. The van der Waals surface area contributed by atoms with Crippen LogP contribution in [0.2, 0.25) is 66.5 Å². The topological polar surface area (TPSA) is 111 Å². The minimum absolute atomic E-state index is 0.240. The van der Waals surface area contributed by atoms with Gasteiger partial charge in [0.25, 0.3) is 0 Å². The molecule has 480 valence electrons. The second kappa shape index (κ2) is 31.4. The Bertz CT molecular complexity index is 1710. The fourth-order valence-corrected chi connectivity index (χ4v) is 76.6. The molecule has 1 aliphatic heterocycles. The number of hydrogen-bond donors (Lipinski definition) is 0. The van der Waals surface area contributed by atoms with Gasteiger partial charge in [0.1, 0.15) is 0 Å². The van der Waals surface area contributed by atoms with E-state index in [1.807, 2.05) is 68.4 Å². The van der Waals surface area contributed by atoms with Crippen LogP contribution in [0.5, 0.6) is 0 Å². The summed E-state index contributed by atoms with van der Waals surface area (Å²) in [5.41, 5.74) is 19.5. The van der Waals surface area contributed by atoms with Gasteiger partial charge in [0, 0.05) is 0 Å². The van der Waals surface area contributed by atoms with Crippen LogP contribution < -0.4 is 0 Å². The maximum atomic E-state index is 7.94. The molecule has 0 saturated carbocycles. The van der Waals surface area contributed by atoms with Gasteiger partial charge < -0.3 is 49.4 Å². The van der Waals surface area contributed by atoms with Crippen LogP contribution in [0.4, 0.5) is 0 Å². The van der Waals surface area contributed by atoms with Crippen LogP contribution in [0, 0.1) is 0 Å². The van der Waals surface area contributed by atoms with E-state index in [2.05, 4.69) is 245 Å². The van der Waals surface area contributed by atoms with E-state index in [1.165, 1.54) is 0 Å². The van der Waals surface area contributed by atoms with Gasteiger partial charge in [-0.05, 0) is 66.5 Å². The van der Waals surface area contributed by atoms with Crippen LogP contribution in [0.25, 0.3) is 0 Å². The lowest BCUT2D eigenvalue weighted by Crippen LogP contribution is -2.71. The van der Waals surface area contributed by atoms with Gasteiger partial charge in [-0.2, -0.15) is 0 Å². The van der Waals surface area contributed by atoms with Gasteiger partial charge in [-0.15, -0.1) is 78.9 Å². The fourth-order valence-electron chi connectivity index (χ4n) is 9.90. The molecule has 0 aromatic heterocycles. The quantitative estimate of drug-likeness (QED) is 0.0858. The van der Waals surface area contributed by atoms with E-state index in [-0.39, 0.29) is 66.5 Å². The molecule has 1 rings (SSSR count). The van der Waals surface area contributed by atoms with E-state index in [9.17, 15) is 0 Å². The lowest BCUT2D eigenvalue weighted by Gasteiger charge is -2.54. The van der Waals surface area contributed by atoms with E-state index < -0.39 is 103 Å². The average molecular weight is 1370 g/mol. The van der Waals surface area contributed by atoms with Gasteiger partial charge in [0.2, 0.25) is 0 Å². The summed E-state index contributed by atoms with van der Waals surface area (Å²) in [6.07, 6.45) is 0. The van der Waals surface area contributed by atoms with E-state index in [0.29, 0.717) is 0 Å². The molecule has 0 aliphatic carbocycles. The summed E-state index contributed by atoms with van der Waals surface area (Å²) in [4.78, 5) is 0. The van der Waals surface area contributed by atoms with Crippen LogP contribution in [0.3, 0.4) is 0 Å². The summed E-state index contributed by atoms with van der Waals surface area (Å²) in [7, 11) is -45.5. The number of hydrogen-bond acceptors (Lipinski definition) is 12. The smallest absolute Gasteiger partial charge is 0.349 e. The normalized spacial score (nSPS) is 37.0. The molecule has 0 N–H and O–H groups in total.